The first-order chi connectivity index (χ1) is 18.9. The number of hydrogen-bond donors (Lipinski definition) is 3. The summed E-state index contributed by atoms with van der Waals surface area (Å²) >= 11 is 0.743. The normalized spacial score (nSPS) is 12.3. The minimum Gasteiger partial charge on any atom is -0.477 e. The van der Waals surface area contributed by atoms with Crippen LogP contribution in [-0.4, -0.2) is 43.2 Å². The second kappa shape index (κ2) is 11.4. The number of aromatic carboxylic acids is 1. The molecule has 4 rings (SSSR count). The number of aromatic nitrogens is 4. The number of anilines is 1. The Morgan fingerprint density at radius 3 is 2.52 bits per heavy atom. The highest BCUT2D eigenvalue weighted by molar-refractivity contribution is 7.13. The first kappa shape index (κ1) is 28.7. The number of nitrogens with zero attached hydrogens (tertiary/aromatic N) is 4. The van der Waals surface area contributed by atoms with Gasteiger partial charge in [0.15, 0.2) is 5.69 Å². The molecule has 0 fully saturated rings. The van der Waals surface area contributed by atoms with Crippen LogP contribution in [0.3, 0.4) is 0 Å². The summed E-state index contributed by atoms with van der Waals surface area (Å²) in [5, 5.41) is 15.6. The van der Waals surface area contributed by atoms with Gasteiger partial charge in [-0.1, -0.05) is 20.3 Å². The number of fused-ring (bicyclic) bond motifs is 1. The van der Waals surface area contributed by atoms with Gasteiger partial charge in [-0.3, -0.25) is 15.1 Å². The molecule has 0 saturated carbocycles. The van der Waals surface area contributed by atoms with Gasteiger partial charge in [-0.05, 0) is 25.0 Å². The number of carbonyl (C=O) groups excluding carboxylic acids is 1. The molecule has 4 heterocycles. The van der Waals surface area contributed by atoms with Crippen LogP contribution in [0, 0.1) is 5.92 Å². The van der Waals surface area contributed by atoms with Gasteiger partial charge in [0.05, 0.1) is 22.8 Å². The third-order valence-electron chi connectivity index (χ3n) is 6.19. The van der Waals surface area contributed by atoms with E-state index in [-0.39, 0.29) is 39.0 Å². The number of pyridine rings is 3. The van der Waals surface area contributed by atoms with E-state index in [0.717, 1.165) is 23.1 Å². The molecule has 0 aliphatic rings. The molecule has 4 aromatic rings. The third kappa shape index (κ3) is 5.96. The second-order valence-electron chi connectivity index (χ2n) is 9.06. The van der Waals surface area contributed by atoms with E-state index >= 15 is 0 Å². The number of carbonyl (C=O) groups is 2. The largest absolute Gasteiger partial charge is 0.477 e. The van der Waals surface area contributed by atoms with E-state index in [1.165, 1.54) is 30.7 Å². The highest BCUT2D eigenvalue weighted by atomic mass is 32.1. The maximum atomic E-state index is 13.3. The summed E-state index contributed by atoms with van der Waals surface area (Å²) in [4.78, 5) is 49.4. The van der Waals surface area contributed by atoms with E-state index in [1.807, 2.05) is 13.8 Å². The summed E-state index contributed by atoms with van der Waals surface area (Å²) < 4.78 is 41.6. The van der Waals surface area contributed by atoms with E-state index in [4.69, 9.17) is 0 Å². The number of carboxylic acid groups (broad SMARTS) is 1. The molecule has 0 saturated heterocycles. The maximum Gasteiger partial charge on any atom is 0.434 e. The summed E-state index contributed by atoms with van der Waals surface area (Å²) in [6.45, 7) is 6.48. The summed E-state index contributed by atoms with van der Waals surface area (Å²) in [5.74, 6) is -1.15. The number of urea groups is 1. The van der Waals surface area contributed by atoms with E-state index in [1.54, 1.807) is 11.5 Å². The van der Waals surface area contributed by atoms with Gasteiger partial charge in [-0.25, -0.2) is 19.6 Å². The number of rotatable bonds is 8. The maximum absolute atomic E-state index is 13.3. The summed E-state index contributed by atoms with van der Waals surface area (Å²) in [7, 11) is 0. The summed E-state index contributed by atoms with van der Waals surface area (Å²) in [6.07, 6.45) is 0.176. The molecule has 0 aliphatic carbocycles. The van der Waals surface area contributed by atoms with Gasteiger partial charge >= 0.3 is 18.2 Å². The smallest absolute Gasteiger partial charge is 0.434 e. The van der Waals surface area contributed by atoms with Crippen molar-refractivity contribution in [1.82, 2.24) is 24.8 Å². The number of thiazole rings is 1. The Morgan fingerprint density at radius 1 is 1.15 bits per heavy atom. The Kier molecular flexibility index (Phi) is 8.18. The molecule has 14 heteroatoms. The molecule has 1 unspecified atom stereocenters. The Balaban J connectivity index is 1.92. The van der Waals surface area contributed by atoms with Gasteiger partial charge < -0.3 is 15.0 Å². The highest BCUT2D eigenvalue weighted by Crippen LogP contribution is 2.38. The van der Waals surface area contributed by atoms with Crippen molar-refractivity contribution >= 4 is 40.1 Å². The molecule has 0 radical (unpaired) electrons. The number of carboxylic acids is 1. The van der Waals surface area contributed by atoms with E-state index in [9.17, 15) is 32.7 Å². The van der Waals surface area contributed by atoms with Crippen molar-refractivity contribution in [3.63, 3.8) is 0 Å². The van der Waals surface area contributed by atoms with Gasteiger partial charge in [-0.15, -0.1) is 11.3 Å². The molecule has 210 valence electrons. The number of alkyl halides is 3. The first-order valence-corrected chi connectivity index (χ1v) is 13.2. The van der Waals surface area contributed by atoms with Crippen LogP contribution in [0.25, 0.3) is 32.7 Å². The topological polar surface area (TPSA) is 139 Å². The van der Waals surface area contributed by atoms with Gasteiger partial charge in [0, 0.05) is 42.0 Å². The van der Waals surface area contributed by atoms with Crippen LogP contribution in [0.2, 0.25) is 0 Å². The predicted molar refractivity (Wildman–Crippen MR) is 144 cm³/mol. The molecule has 1 atom stereocenters. The lowest BCUT2D eigenvalue weighted by Gasteiger charge is -2.17. The molecule has 3 N–H and O–H groups in total. The number of nitrogens with one attached hydrogen (secondary N) is 2. The second-order valence-corrected chi connectivity index (χ2v) is 9.92. The molecule has 4 aromatic heterocycles. The molecular formula is C26H25F3N6O4S. The quantitative estimate of drug-likeness (QED) is 0.253. The van der Waals surface area contributed by atoms with E-state index < -0.39 is 34.9 Å². The van der Waals surface area contributed by atoms with Crippen molar-refractivity contribution < 1.29 is 27.9 Å². The van der Waals surface area contributed by atoms with Crippen molar-refractivity contribution in [1.29, 1.82) is 0 Å². The zero-order chi connectivity index (χ0) is 29.2. The average Bonchev–Trinajstić information content (AvgIpc) is 3.41. The summed E-state index contributed by atoms with van der Waals surface area (Å²) in [6, 6.07) is 2.20. The average molecular weight is 575 g/mol. The Morgan fingerprint density at radius 2 is 1.90 bits per heavy atom. The minimum absolute atomic E-state index is 0.0148. The SMILES string of the molecule is CCNC(=O)Nc1cc(-c2nc(C(F)(F)F)cs2)c(-c2cc3c(=O)c(C(=O)O)cn(CC(C)CC)c3cn2)cn1. The van der Waals surface area contributed by atoms with Crippen LogP contribution >= 0.6 is 11.3 Å². The molecule has 0 aliphatic heterocycles. The van der Waals surface area contributed by atoms with Crippen LogP contribution in [-0.2, 0) is 12.7 Å². The van der Waals surface area contributed by atoms with Crippen molar-refractivity contribution in [3.8, 4) is 21.8 Å². The lowest BCUT2D eigenvalue weighted by atomic mass is 10.0. The van der Waals surface area contributed by atoms with Crippen LogP contribution in [0.4, 0.5) is 23.8 Å². The van der Waals surface area contributed by atoms with Crippen LogP contribution in [0.15, 0.2) is 40.9 Å². The van der Waals surface area contributed by atoms with Crippen LogP contribution < -0.4 is 16.1 Å². The van der Waals surface area contributed by atoms with Gasteiger partial charge in [0.1, 0.15) is 16.4 Å². The Bertz CT molecular complexity index is 1650. The van der Waals surface area contributed by atoms with Crippen molar-refractivity contribution in [3.05, 3.63) is 57.6 Å². The predicted octanol–water partition coefficient (Wildman–Crippen LogP) is 5.49. The summed E-state index contributed by atoms with van der Waals surface area (Å²) in [5.41, 5.74) is -1.22. The highest BCUT2D eigenvalue weighted by Gasteiger charge is 2.34. The minimum atomic E-state index is -4.67. The standard InChI is InChI=1S/C26H25F3N6O4S/c1-4-13(3)10-35-11-17(24(37)38)22(36)15-6-18(31-9-19(15)35)16-8-32-21(34-25(39)30-5-2)7-14(16)23-33-20(12-40-23)26(27,28)29/h6-9,11-13H,4-5,10H2,1-3H3,(H,37,38)(H2,30,32,34,39). The Hall–Kier alpha value is -4.33. The molecule has 40 heavy (non-hydrogen) atoms. The molecule has 0 aromatic carbocycles. The number of hydrogen-bond acceptors (Lipinski definition) is 7. The van der Waals surface area contributed by atoms with Crippen LogP contribution in [0.5, 0.6) is 0 Å². The zero-order valence-corrected chi connectivity index (χ0v) is 22.5. The van der Waals surface area contributed by atoms with Crippen molar-refractivity contribution in [2.24, 2.45) is 5.92 Å². The Labute approximate surface area is 229 Å². The number of amides is 2. The fourth-order valence-corrected chi connectivity index (χ4v) is 4.81. The molecule has 0 bridgehead atoms. The molecule has 0 spiro atoms. The lowest BCUT2D eigenvalue weighted by molar-refractivity contribution is -0.140. The lowest BCUT2D eigenvalue weighted by Crippen LogP contribution is -2.28. The van der Waals surface area contributed by atoms with Gasteiger partial charge in [0.2, 0.25) is 5.43 Å². The van der Waals surface area contributed by atoms with Gasteiger partial charge in [-0.2, -0.15) is 13.2 Å². The van der Waals surface area contributed by atoms with Crippen molar-refractivity contribution in [2.45, 2.75) is 39.9 Å². The van der Waals surface area contributed by atoms with Gasteiger partial charge in [0.25, 0.3) is 0 Å². The fraction of sp³-hybridized carbons (Fsp3) is 0.308. The monoisotopic (exact) mass is 574 g/mol. The van der Waals surface area contributed by atoms with E-state index in [2.05, 4.69) is 25.6 Å². The zero-order valence-electron chi connectivity index (χ0n) is 21.7. The van der Waals surface area contributed by atoms with Crippen LogP contribution in [0.1, 0.15) is 43.2 Å². The third-order valence-corrected chi connectivity index (χ3v) is 7.06. The van der Waals surface area contributed by atoms with Crippen molar-refractivity contribution in [2.75, 3.05) is 11.9 Å². The first-order valence-electron chi connectivity index (χ1n) is 12.3. The molecular weight excluding hydrogens is 549 g/mol. The fourth-order valence-electron chi connectivity index (χ4n) is 3.96. The number of halogens is 3. The molecule has 2 amide bonds. The van der Waals surface area contributed by atoms with E-state index in [0.29, 0.717) is 18.6 Å². The molecule has 10 nitrogen and oxygen atoms in total.